The van der Waals surface area contributed by atoms with Crippen molar-refractivity contribution in [3.63, 3.8) is 0 Å². The Bertz CT molecular complexity index is 790. The average molecular weight is 348 g/mol. The van der Waals surface area contributed by atoms with Crippen molar-refractivity contribution in [2.45, 2.75) is 24.9 Å². The van der Waals surface area contributed by atoms with Crippen molar-refractivity contribution in [3.8, 4) is 0 Å². The Hall–Kier alpha value is -2.19. The molecule has 2 aromatic heterocycles. The predicted octanol–water partition coefficient (Wildman–Crippen LogP) is 0.785. The molecule has 1 aliphatic rings. The van der Waals surface area contributed by atoms with Crippen LogP contribution in [0.25, 0.3) is 0 Å². The number of aromatic nitrogens is 2. The van der Waals surface area contributed by atoms with Crippen LogP contribution in [0.3, 0.4) is 0 Å². The Balaban J connectivity index is 1.85. The number of pyridine rings is 1. The topological polar surface area (TPSA) is 95.2 Å². The van der Waals surface area contributed by atoms with Crippen LogP contribution in [0.15, 0.2) is 42.9 Å². The first-order valence-electron chi connectivity index (χ1n) is 7.74. The molecule has 2 N–H and O–H groups in total. The molecule has 0 radical (unpaired) electrons. The summed E-state index contributed by atoms with van der Waals surface area (Å²) in [6.45, 7) is 0.515. The number of likely N-dealkylation sites (tertiary alicyclic amines) is 1. The first kappa shape index (κ1) is 16.7. The van der Waals surface area contributed by atoms with Crippen molar-refractivity contribution < 1.29 is 13.2 Å². The number of carbonyl (C=O) groups is 1. The van der Waals surface area contributed by atoms with Crippen LogP contribution in [0.5, 0.6) is 0 Å². The average Bonchev–Trinajstić information content (AvgIpc) is 3.17. The third-order valence-electron chi connectivity index (χ3n) is 4.19. The highest BCUT2D eigenvalue weighted by Crippen LogP contribution is 2.24. The quantitative estimate of drug-likeness (QED) is 0.835. The van der Waals surface area contributed by atoms with Crippen LogP contribution >= 0.6 is 0 Å². The van der Waals surface area contributed by atoms with Gasteiger partial charge in [-0.05, 0) is 42.7 Å². The number of hydrogen-bond donors (Lipinski definition) is 2. The molecule has 3 heterocycles. The maximum atomic E-state index is 12.7. The van der Waals surface area contributed by atoms with Gasteiger partial charge >= 0.3 is 0 Å². The predicted molar refractivity (Wildman–Crippen MR) is 89.9 cm³/mol. The molecule has 1 fully saturated rings. The molecule has 1 amide bonds. The lowest BCUT2D eigenvalue weighted by molar-refractivity contribution is 0.0723. The lowest BCUT2D eigenvalue weighted by atomic mass is 10.0. The molecule has 1 saturated heterocycles. The van der Waals surface area contributed by atoms with Crippen molar-refractivity contribution in [2.75, 3.05) is 12.8 Å². The van der Waals surface area contributed by atoms with Crippen molar-refractivity contribution in [1.29, 1.82) is 0 Å². The van der Waals surface area contributed by atoms with Gasteiger partial charge < -0.3 is 9.88 Å². The summed E-state index contributed by atoms with van der Waals surface area (Å²) in [4.78, 5) is 21.4. The van der Waals surface area contributed by atoms with Crippen LogP contribution < -0.4 is 4.72 Å². The summed E-state index contributed by atoms with van der Waals surface area (Å²) in [6, 6.07) is 6.72. The molecule has 2 atom stereocenters. The monoisotopic (exact) mass is 348 g/mol. The SMILES string of the molecule is CS(=O)(=O)N[C@@H]1CCN(C(=O)c2ccc[nH]2)[C@H]1Cc1ccncc1. The number of carbonyl (C=O) groups excluding carboxylic acids is 1. The molecule has 0 bridgehead atoms. The minimum Gasteiger partial charge on any atom is -0.357 e. The lowest BCUT2D eigenvalue weighted by Gasteiger charge is -2.28. The molecule has 0 aromatic carbocycles. The summed E-state index contributed by atoms with van der Waals surface area (Å²) in [7, 11) is -3.34. The number of amides is 1. The Morgan fingerprint density at radius 1 is 1.38 bits per heavy atom. The van der Waals surface area contributed by atoms with Gasteiger partial charge in [-0.25, -0.2) is 13.1 Å². The van der Waals surface area contributed by atoms with Gasteiger partial charge in [0.2, 0.25) is 10.0 Å². The molecule has 0 spiro atoms. The molecule has 0 saturated carbocycles. The summed E-state index contributed by atoms with van der Waals surface area (Å²) in [5.41, 5.74) is 1.52. The highest BCUT2D eigenvalue weighted by Gasteiger charge is 2.38. The summed E-state index contributed by atoms with van der Waals surface area (Å²) < 4.78 is 26.0. The first-order chi connectivity index (χ1) is 11.4. The molecule has 3 rings (SSSR count). The van der Waals surface area contributed by atoms with Crippen LogP contribution in [0.4, 0.5) is 0 Å². The van der Waals surface area contributed by atoms with E-state index in [1.165, 1.54) is 0 Å². The van der Waals surface area contributed by atoms with E-state index in [2.05, 4.69) is 14.7 Å². The second kappa shape index (κ2) is 6.74. The molecule has 1 aliphatic heterocycles. The van der Waals surface area contributed by atoms with Crippen LogP contribution in [-0.2, 0) is 16.4 Å². The molecule has 24 heavy (non-hydrogen) atoms. The zero-order valence-corrected chi connectivity index (χ0v) is 14.2. The van der Waals surface area contributed by atoms with Crippen molar-refractivity contribution in [3.05, 3.63) is 54.1 Å². The third-order valence-corrected chi connectivity index (χ3v) is 4.93. The van der Waals surface area contributed by atoms with E-state index in [9.17, 15) is 13.2 Å². The largest absolute Gasteiger partial charge is 0.357 e. The van der Waals surface area contributed by atoms with Gasteiger partial charge in [0.25, 0.3) is 5.91 Å². The fourth-order valence-corrected chi connectivity index (χ4v) is 3.97. The Labute approximate surface area is 141 Å². The zero-order valence-electron chi connectivity index (χ0n) is 13.3. The smallest absolute Gasteiger partial charge is 0.270 e. The molecule has 2 aromatic rings. The first-order valence-corrected chi connectivity index (χ1v) is 9.64. The molecule has 0 unspecified atom stereocenters. The fraction of sp³-hybridized carbons (Fsp3) is 0.375. The number of sulfonamides is 1. The van der Waals surface area contributed by atoms with E-state index in [4.69, 9.17) is 0 Å². The van der Waals surface area contributed by atoms with Gasteiger partial charge in [-0.3, -0.25) is 9.78 Å². The van der Waals surface area contributed by atoms with Crippen LogP contribution in [0, 0.1) is 0 Å². The van der Waals surface area contributed by atoms with Crippen LogP contribution in [-0.4, -0.2) is 54.1 Å². The number of aromatic amines is 1. The zero-order chi connectivity index (χ0) is 17.2. The molecule has 128 valence electrons. The van der Waals surface area contributed by atoms with Gasteiger partial charge in [-0.2, -0.15) is 0 Å². The van der Waals surface area contributed by atoms with Crippen molar-refractivity contribution in [1.82, 2.24) is 19.6 Å². The highest BCUT2D eigenvalue weighted by atomic mass is 32.2. The second-order valence-corrected chi connectivity index (χ2v) is 7.77. The van der Waals surface area contributed by atoms with E-state index >= 15 is 0 Å². The number of nitrogens with one attached hydrogen (secondary N) is 2. The Morgan fingerprint density at radius 3 is 2.75 bits per heavy atom. The van der Waals surface area contributed by atoms with E-state index in [0.29, 0.717) is 25.1 Å². The number of hydrogen-bond acceptors (Lipinski definition) is 4. The fourth-order valence-electron chi connectivity index (χ4n) is 3.15. The van der Waals surface area contributed by atoms with Crippen LogP contribution in [0.2, 0.25) is 0 Å². The van der Waals surface area contributed by atoms with Crippen molar-refractivity contribution in [2.24, 2.45) is 0 Å². The van der Waals surface area contributed by atoms with E-state index in [-0.39, 0.29) is 18.0 Å². The van der Waals surface area contributed by atoms with Gasteiger partial charge in [-0.1, -0.05) is 0 Å². The van der Waals surface area contributed by atoms with E-state index in [1.54, 1.807) is 35.6 Å². The summed E-state index contributed by atoms with van der Waals surface area (Å²) in [5.74, 6) is -0.114. The molecular weight excluding hydrogens is 328 g/mol. The minimum absolute atomic E-state index is 0.114. The summed E-state index contributed by atoms with van der Waals surface area (Å²) in [6.07, 6.45) is 7.40. The maximum absolute atomic E-state index is 12.7. The molecular formula is C16H20N4O3S. The van der Waals surface area contributed by atoms with E-state index in [0.717, 1.165) is 11.8 Å². The summed E-state index contributed by atoms with van der Waals surface area (Å²) in [5, 5.41) is 0. The lowest BCUT2D eigenvalue weighted by Crippen LogP contribution is -2.47. The third kappa shape index (κ3) is 3.82. The van der Waals surface area contributed by atoms with E-state index < -0.39 is 10.0 Å². The van der Waals surface area contributed by atoms with E-state index in [1.807, 2.05) is 12.1 Å². The molecule has 0 aliphatic carbocycles. The Kier molecular flexibility index (Phi) is 4.68. The van der Waals surface area contributed by atoms with Gasteiger partial charge in [-0.15, -0.1) is 0 Å². The number of H-pyrrole nitrogens is 1. The number of nitrogens with zero attached hydrogens (tertiary/aromatic N) is 2. The number of rotatable bonds is 5. The second-order valence-electron chi connectivity index (χ2n) is 5.99. The van der Waals surface area contributed by atoms with Gasteiger partial charge in [0, 0.05) is 31.2 Å². The molecule has 7 nitrogen and oxygen atoms in total. The van der Waals surface area contributed by atoms with Gasteiger partial charge in [0.05, 0.1) is 12.3 Å². The van der Waals surface area contributed by atoms with Crippen LogP contribution in [0.1, 0.15) is 22.5 Å². The molecule has 8 heteroatoms. The highest BCUT2D eigenvalue weighted by molar-refractivity contribution is 7.88. The maximum Gasteiger partial charge on any atom is 0.270 e. The van der Waals surface area contributed by atoms with Gasteiger partial charge in [0.1, 0.15) is 5.69 Å². The summed E-state index contributed by atoms with van der Waals surface area (Å²) >= 11 is 0. The Morgan fingerprint density at radius 2 is 2.12 bits per heavy atom. The normalized spacial score (nSPS) is 21.1. The van der Waals surface area contributed by atoms with Crippen molar-refractivity contribution >= 4 is 15.9 Å². The van der Waals surface area contributed by atoms with Gasteiger partial charge in [0.15, 0.2) is 0 Å². The minimum atomic E-state index is -3.34. The standard InChI is InChI=1S/C16H20N4O3S/c1-24(22,23)19-13-6-10-20(16(21)14-3-2-7-18-14)15(13)11-12-4-8-17-9-5-12/h2-5,7-9,13,15,18-19H,6,10-11H2,1H3/t13-,15+/m1/s1.